The van der Waals surface area contributed by atoms with Gasteiger partial charge < -0.3 is 5.11 Å². The van der Waals surface area contributed by atoms with Gasteiger partial charge in [-0.05, 0) is 43.2 Å². The Morgan fingerprint density at radius 3 is 2.35 bits per heavy atom. The molecular weight excluding hydrogens is 262 g/mol. The van der Waals surface area contributed by atoms with Crippen LogP contribution in [0.15, 0.2) is 42.5 Å². The Balaban J connectivity index is 2.48. The van der Waals surface area contributed by atoms with Crippen molar-refractivity contribution in [2.75, 3.05) is 0 Å². The molecule has 104 valence electrons. The van der Waals surface area contributed by atoms with E-state index in [1.807, 2.05) is 0 Å². The molecule has 0 spiro atoms. The molecule has 0 fully saturated rings. The van der Waals surface area contributed by atoms with E-state index in [-0.39, 0.29) is 5.56 Å². The van der Waals surface area contributed by atoms with Crippen LogP contribution in [0, 0.1) is 11.6 Å². The summed E-state index contributed by atoms with van der Waals surface area (Å²) in [5, 5.41) is 9.14. The van der Waals surface area contributed by atoms with E-state index in [4.69, 9.17) is 5.11 Å². The predicted octanol–water partition coefficient (Wildman–Crippen LogP) is 3.99. The van der Waals surface area contributed by atoms with E-state index in [1.54, 1.807) is 12.1 Å². The Morgan fingerprint density at radius 2 is 1.80 bits per heavy atom. The average Bonchev–Trinajstić information content (AvgIpc) is 2.38. The Labute approximate surface area is 115 Å². The standard InChI is InChI=1S/C16H14F2O2/c1-16(2,15(19)20)11-6-7-13(14(18)9-11)10-4-3-5-12(17)8-10/h3-9H,1-2H3,(H,19,20). The minimum Gasteiger partial charge on any atom is -0.481 e. The van der Waals surface area contributed by atoms with Gasteiger partial charge in [0.05, 0.1) is 5.41 Å². The number of aliphatic carboxylic acids is 1. The Bertz CT molecular complexity index is 663. The first kappa shape index (κ1) is 14.2. The summed E-state index contributed by atoms with van der Waals surface area (Å²) in [4.78, 5) is 11.2. The van der Waals surface area contributed by atoms with Gasteiger partial charge in [-0.3, -0.25) is 4.79 Å². The van der Waals surface area contributed by atoms with Crippen LogP contribution < -0.4 is 0 Å². The highest BCUT2D eigenvalue weighted by atomic mass is 19.1. The maximum atomic E-state index is 14.1. The molecule has 0 heterocycles. The molecule has 0 aliphatic carbocycles. The van der Waals surface area contributed by atoms with Gasteiger partial charge in [0.1, 0.15) is 11.6 Å². The zero-order valence-corrected chi connectivity index (χ0v) is 11.2. The summed E-state index contributed by atoms with van der Waals surface area (Å²) in [6.07, 6.45) is 0. The lowest BCUT2D eigenvalue weighted by atomic mass is 9.84. The highest BCUT2D eigenvalue weighted by Crippen LogP contribution is 2.29. The molecule has 0 unspecified atom stereocenters. The van der Waals surface area contributed by atoms with Gasteiger partial charge in [0, 0.05) is 5.56 Å². The largest absolute Gasteiger partial charge is 0.481 e. The van der Waals surface area contributed by atoms with Crippen molar-refractivity contribution in [1.82, 2.24) is 0 Å². The number of carbonyl (C=O) groups is 1. The molecule has 2 aromatic rings. The Morgan fingerprint density at radius 1 is 1.10 bits per heavy atom. The molecule has 0 saturated heterocycles. The van der Waals surface area contributed by atoms with Crippen LogP contribution in [-0.2, 0) is 10.2 Å². The van der Waals surface area contributed by atoms with E-state index in [2.05, 4.69) is 0 Å². The van der Waals surface area contributed by atoms with Gasteiger partial charge in [-0.25, -0.2) is 8.78 Å². The lowest BCUT2D eigenvalue weighted by Gasteiger charge is -2.20. The average molecular weight is 276 g/mol. The molecule has 0 radical (unpaired) electrons. The monoisotopic (exact) mass is 276 g/mol. The van der Waals surface area contributed by atoms with Crippen LogP contribution in [0.1, 0.15) is 19.4 Å². The highest BCUT2D eigenvalue weighted by Gasteiger charge is 2.30. The normalized spacial score (nSPS) is 11.4. The minimum atomic E-state index is -1.18. The molecule has 0 bridgehead atoms. The van der Waals surface area contributed by atoms with Crippen molar-refractivity contribution in [3.8, 4) is 11.1 Å². The first-order valence-corrected chi connectivity index (χ1v) is 6.12. The molecule has 20 heavy (non-hydrogen) atoms. The lowest BCUT2D eigenvalue weighted by Crippen LogP contribution is -2.28. The van der Waals surface area contributed by atoms with Gasteiger partial charge in [-0.2, -0.15) is 0 Å². The van der Waals surface area contributed by atoms with Gasteiger partial charge >= 0.3 is 5.97 Å². The number of hydrogen-bond acceptors (Lipinski definition) is 1. The van der Waals surface area contributed by atoms with Gasteiger partial charge in [-0.1, -0.05) is 24.3 Å². The van der Waals surface area contributed by atoms with Crippen LogP contribution in [0.4, 0.5) is 8.78 Å². The third-order valence-corrected chi connectivity index (χ3v) is 3.36. The van der Waals surface area contributed by atoms with Gasteiger partial charge in [0.25, 0.3) is 0 Å². The van der Waals surface area contributed by atoms with Crippen LogP contribution in [-0.4, -0.2) is 11.1 Å². The van der Waals surface area contributed by atoms with E-state index in [1.165, 1.54) is 44.2 Å². The Hall–Kier alpha value is -2.23. The predicted molar refractivity (Wildman–Crippen MR) is 72.5 cm³/mol. The quantitative estimate of drug-likeness (QED) is 0.920. The second kappa shape index (κ2) is 5.04. The van der Waals surface area contributed by atoms with Crippen molar-refractivity contribution in [2.45, 2.75) is 19.3 Å². The highest BCUT2D eigenvalue weighted by molar-refractivity contribution is 5.80. The molecule has 2 aromatic carbocycles. The van der Waals surface area contributed by atoms with Crippen molar-refractivity contribution in [2.24, 2.45) is 0 Å². The van der Waals surface area contributed by atoms with Crippen molar-refractivity contribution < 1.29 is 18.7 Å². The van der Waals surface area contributed by atoms with E-state index in [0.717, 1.165) is 0 Å². The zero-order chi connectivity index (χ0) is 14.9. The molecule has 4 heteroatoms. The second-order valence-corrected chi connectivity index (χ2v) is 5.14. The van der Waals surface area contributed by atoms with Crippen molar-refractivity contribution >= 4 is 5.97 Å². The molecule has 0 aliphatic heterocycles. The first-order valence-electron chi connectivity index (χ1n) is 6.12. The van der Waals surface area contributed by atoms with Crippen LogP contribution in [0.25, 0.3) is 11.1 Å². The summed E-state index contributed by atoms with van der Waals surface area (Å²) in [5.41, 5.74) is -0.152. The molecule has 2 nitrogen and oxygen atoms in total. The fourth-order valence-electron chi connectivity index (χ4n) is 1.92. The number of carboxylic acid groups (broad SMARTS) is 1. The maximum Gasteiger partial charge on any atom is 0.313 e. The number of carboxylic acids is 1. The molecule has 0 saturated carbocycles. The van der Waals surface area contributed by atoms with Crippen molar-refractivity contribution in [3.63, 3.8) is 0 Å². The number of halogens is 2. The third-order valence-electron chi connectivity index (χ3n) is 3.36. The zero-order valence-electron chi connectivity index (χ0n) is 11.2. The Kier molecular flexibility index (Phi) is 3.57. The van der Waals surface area contributed by atoms with Gasteiger partial charge in [-0.15, -0.1) is 0 Å². The van der Waals surface area contributed by atoms with E-state index < -0.39 is 23.0 Å². The maximum absolute atomic E-state index is 14.1. The number of benzene rings is 2. The number of rotatable bonds is 3. The summed E-state index contributed by atoms with van der Waals surface area (Å²) >= 11 is 0. The molecule has 0 aromatic heterocycles. The molecule has 0 atom stereocenters. The summed E-state index contributed by atoms with van der Waals surface area (Å²) in [6.45, 7) is 3.01. The molecule has 0 amide bonds. The third kappa shape index (κ3) is 2.54. The summed E-state index contributed by atoms with van der Waals surface area (Å²) in [5.74, 6) is -2.05. The van der Waals surface area contributed by atoms with Crippen LogP contribution in [0.2, 0.25) is 0 Å². The number of hydrogen-bond donors (Lipinski definition) is 1. The second-order valence-electron chi connectivity index (χ2n) is 5.14. The van der Waals surface area contributed by atoms with Crippen molar-refractivity contribution in [1.29, 1.82) is 0 Å². The SMILES string of the molecule is CC(C)(C(=O)O)c1ccc(-c2cccc(F)c2)c(F)c1. The molecular formula is C16H14F2O2. The molecule has 2 rings (SSSR count). The van der Waals surface area contributed by atoms with Crippen molar-refractivity contribution in [3.05, 3.63) is 59.7 Å². The molecule has 0 aliphatic rings. The summed E-state index contributed by atoms with van der Waals surface area (Å²) < 4.78 is 27.3. The topological polar surface area (TPSA) is 37.3 Å². The van der Waals surface area contributed by atoms with E-state index in [0.29, 0.717) is 11.1 Å². The summed E-state index contributed by atoms with van der Waals surface area (Å²) in [6, 6.07) is 9.84. The molecule has 1 N–H and O–H groups in total. The van der Waals surface area contributed by atoms with Gasteiger partial charge in [0.15, 0.2) is 0 Å². The summed E-state index contributed by atoms with van der Waals surface area (Å²) in [7, 11) is 0. The lowest BCUT2D eigenvalue weighted by molar-refractivity contribution is -0.142. The van der Waals surface area contributed by atoms with E-state index in [9.17, 15) is 13.6 Å². The van der Waals surface area contributed by atoms with E-state index >= 15 is 0 Å². The fourth-order valence-corrected chi connectivity index (χ4v) is 1.92. The van der Waals surface area contributed by atoms with Crippen LogP contribution >= 0.6 is 0 Å². The first-order chi connectivity index (χ1) is 9.32. The van der Waals surface area contributed by atoms with Gasteiger partial charge in [0.2, 0.25) is 0 Å². The minimum absolute atomic E-state index is 0.245. The van der Waals surface area contributed by atoms with Crippen LogP contribution in [0.5, 0.6) is 0 Å². The smallest absolute Gasteiger partial charge is 0.313 e. The van der Waals surface area contributed by atoms with Crippen LogP contribution in [0.3, 0.4) is 0 Å². The fraction of sp³-hybridized carbons (Fsp3) is 0.188.